The highest BCUT2D eigenvalue weighted by molar-refractivity contribution is 7.89. The monoisotopic (exact) mass is 500 g/mol. The van der Waals surface area contributed by atoms with Gasteiger partial charge in [-0.3, -0.25) is 9.36 Å². The van der Waals surface area contributed by atoms with Crippen LogP contribution in [0.3, 0.4) is 0 Å². The number of nitrogens with zero attached hydrogens (tertiary/aromatic N) is 4. The van der Waals surface area contributed by atoms with E-state index in [1.807, 2.05) is 35.9 Å². The van der Waals surface area contributed by atoms with Gasteiger partial charge in [0.2, 0.25) is 0 Å². The minimum atomic E-state index is -3.48. The lowest BCUT2D eigenvalue weighted by molar-refractivity contribution is 0.586. The van der Waals surface area contributed by atoms with Gasteiger partial charge in [-0.25, -0.2) is 8.42 Å². The molecule has 5 aromatic rings. The summed E-state index contributed by atoms with van der Waals surface area (Å²) in [5.41, 5.74) is 3.86. The van der Waals surface area contributed by atoms with Gasteiger partial charge >= 0.3 is 0 Å². The van der Waals surface area contributed by atoms with Gasteiger partial charge in [-0.05, 0) is 36.4 Å². The molecule has 0 N–H and O–H groups in total. The van der Waals surface area contributed by atoms with E-state index < -0.39 is 10.0 Å². The zero-order valence-electron chi connectivity index (χ0n) is 17.9. The average molecular weight is 501 g/mol. The molecule has 0 aliphatic carbocycles. The Morgan fingerprint density at radius 1 is 0.879 bits per heavy atom. The van der Waals surface area contributed by atoms with Crippen LogP contribution < -0.4 is 5.56 Å². The van der Waals surface area contributed by atoms with E-state index in [2.05, 4.69) is 5.10 Å². The largest absolute Gasteiger partial charge is 0.330 e. The fourth-order valence-corrected chi connectivity index (χ4v) is 5.22. The molecule has 0 spiro atoms. The molecule has 33 heavy (non-hydrogen) atoms. The van der Waals surface area contributed by atoms with Gasteiger partial charge < -0.3 is 4.57 Å². The first-order valence-corrected chi connectivity index (χ1v) is 12.5. The van der Waals surface area contributed by atoms with E-state index in [0.29, 0.717) is 26.9 Å². The van der Waals surface area contributed by atoms with Crippen molar-refractivity contribution in [1.82, 2.24) is 18.3 Å². The molecule has 0 saturated heterocycles. The summed E-state index contributed by atoms with van der Waals surface area (Å²) in [6, 6.07) is 14.3. The molecule has 5 rings (SSSR count). The lowest BCUT2D eigenvalue weighted by atomic mass is 10.0. The van der Waals surface area contributed by atoms with Crippen LogP contribution in [0.15, 0.2) is 59.5 Å². The highest BCUT2D eigenvalue weighted by Crippen LogP contribution is 2.35. The van der Waals surface area contributed by atoms with Crippen molar-refractivity contribution < 1.29 is 8.42 Å². The zero-order chi connectivity index (χ0) is 23.7. The molecular weight excluding hydrogens is 483 g/mol. The highest BCUT2D eigenvalue weighted by Gasteiger charge is 2.18. The molecule has 0 unspecified atom stereocenters. The smallest absolute Gasteiger partial charge is 0.259 e. The molecule has 0 atom stereocenters. The maximum atomic E-state index is 13.2. The van der Waals surface area contributed by atoms with E-state index >= 15 is 0 Å². The van der Waals surface area contributed by atoms with Crippen LogP contribution in [0, 0.1) is 0 Å². The Labute approximate surface area is 199 Å². The Morgan fingerprint density at radius 3 is 2.30 bits per heavy atom. The molecule has 3 heterocycles. The van der Waals surface area contributed by atoms with Crippen molar-refractivity contribution in [2.45, 2.75) is 0 Å². The summed E-state index contributed by atoms with van der Waals surface area (Å²) in [5.74, 6) is 0. The van der Waals surface area contributed by atoms with Gasteiger partial charge in [0, 0.05) is 52.8 Å². The van der Waals surface area contributed by atoms with Gasteiger partial charge in [0.25, 0.3) is 15.6 Å². The van der Waals surface area contributed by atoms with Gasteiger partial charge in [-0.2, -0.15) is 9.19 Å². The number of hydrogen-bond acceptors (Lipinski definition) is 4. The van der Waals surface area contributed by atoms with E-state index in [0.717, 1.165) is 37.8 Å². The second kappa shape index (κ2) is 7.48. The second-order valence-electron chi connectivity index (χ2n) is 7.91. The molecular formula is C23H18Cl2N4O3S. The summed E-state index contributed by atoms with van der Waals surface area (Å²) in [6.45, 7) is 0. The zero-order valence-corrected chi connectivity index (χ0v) is 20.2. The molecule has 3 aromatic heterocycles. The number of aromatic nitrogens is 4. The highest BCUT2D eigenvalue weighted by atomic mass is 35.5. The van der Waals surface area contributed by atoms with E-state index in [1.54, 1.807) is 35.9 Å². The van der Waals surface area contributed by atoms with Crippen LogP contribution in [0.5, 0.6) is 0 Å². The predicted molar refractivity (Wildman–Crippen MR) is 133 cm³/mol. The van der Waals surface area contributed by atoms with Crippen molar-refractivity contribution in [3.8, 4) is 22.4 Å². The number of benzene rings is 2. The molecule has 0 bridgehead atoms. The number of pyridine rings is 1. The van der Waals surface area contributed by atoms with Crippen molar-refractivity contribution in [2.24, 2.45) is 14.1 Å². The Hall–Kier alpha value is -3.07. The van der Waals surface area contributed by atoms with E-state index in [1.165, 1.54) is 6.20 Å². The molecule has 0 saturated carbocycles. The predicted octanol–water partition coefficient (Wildman–Crippen LogP) is 4.68. The first-order valence-electron chi connectivity index (χ1n) is 9.90. The molecule has 0 amide bonds. The fraction of sp³-hybridized carbons (Fsp3) is 0.130. The minimum Gasteiger partial charge on any atom is -0.330 e. The molecule has 0 aliphatic heterocycles. The van der Waals surface area contributed by atoms with Crippen LogP contribution in [0.25, 0.3) is 44.3 Å². The van der Waals surface area contributed by atoms with Crippen LogP contribution in [0.4, 0.5) is 0 Å². The van der Waals surface area contributed by atoms with Crippen molar-refractivity contribution in [2.75, 3.05) is 6.26 Å². The summed E-state index contributed by atoms with van der Waals surface area (Å²) in [7, 11) is 0.152. The van der Waals surface area contributed by atoms with Gasteiger partial charge in [-0.1, -0.05) is 35.3 Å². The topological polar surface area (TPSA) is 78.9 Å². The normalized spacial score (nSPS) is 12.2. The lowest BCUT2D eigenvalue weighted by Gasteiger charge is -2.09. The fourth-order valence-electron chi connectivity index (χ4n) is 4.20. The number of halogens is 2. The molecule has 0 aliphatic rings. The Balaban J connectivity index is 1.80. The van der Waals surface area contributed by atoms with Crippen molar-refractivity contribution in [3.05, 3.63) is 75.1 Å². The summed E-state index contributed by atoms with van der Waals surface area (Å²) < 4.78 is 28.1. The van der Waals surface area contributed by atoms with Gasteiger partial charge in [0.1, 0.15) is 5.65 Å². The first-order chi connectivity index (χ1) is 15.6. The van der Waals surface area contributed by atoms with Crippen LogP contribution in [-0.4, -0.2) is 33.0 Å². The molecule has 10 heteroatoms. The SMILES string of the molecule is Cn1c(=O)c(-c2ccc(Cl)cc2Cl)cc2c3cc(-c4ccn(S(C)(=O)=O)n4)ccc3n(C)c21. The first kappa shape index (κ1) is 21.8. The van der Waals surface area contributed by atoms with Crippen molar-refractivity contribution in [1.29, 1.82) is 0 Å². The summed E-state index contributed by atoms with van der Waals surface area (Å²) in [6.07, 6.45) is 2.52. The van der Waals surface area contributed by atoms with Crippen LogP contribution in [-0.2, 0) is 24.1 Å². The third-order valence-corrected chi connectivity index (χ3v) is 7.20. The van der Waals surface area contributed by atoms with Crippen LogP contribution >= 0.6 is 23.2 Å². The van der Waals surface area contributed by atoms with Crippen molar-refractivity contribution in [3.63, 3.8) is 0 Å². The van der Waals surface area contributed by atoms with Crippen LogP contribution in [0.2, 0.25) is 10.0 Å². The Morgan fingerprint density at radius 2 is 1.64 bits per heavy atom. The second-order valence-corrected chi connectivity index (χ2v) is 10.6. The standard InChI is InChI=1S/C23H18Cl2N4O3S/c1-27-21-7-4-13(20-8-9-29(26-20)33(3,31)32)10-16(21)17-12-18(23(30)28(2)22(17)27)15-6-5-14(24)11-19(15)25/h4-12H,1-3H3. The van der Waals surface area contributed by atoms with Crippen molar-refractivity contribution >= 4 is 55.2 Å². The third-order valence-electron chi connectivity index (χ3n) is 5.77. The summed E-state index contributed by atoms with van der Waals surface area (Å²) >= 11 is 12.5. The number of rotatable bonds is 3. The molecule has 0 radical (unpaired) electrons. The molecule has 2 aromatic carbocycles. The van der Waals surface area contributed by atoms with Gasteiger partial charge in [0.15, 0.2) is 0 Å². The minimum absolute atomic E-state index is 0.176. The Kier molecular flexibility index (Phi) is 4.93. The number of hydrogen-bond donors (Lipinski definition) is 0. The van der Waals surface area contributed by atoms with Gasteiger partial charge in [-0.15, -0.1) is 0 Å². The van der Waals surface area contributed by atoms with E-state index in [4.69, 9.17) is 23.2 Å². The Bertz CT molecular complexity index is 1760. The van der Waals surface area contributed by atoms with Crippen LogP contribution in [0.1, 0.15) is 0 Å². The lowest BCUT2D eigenvalue weighted by Crippen LogP contribution is -2.20. The number of aryl methyl sites for hydroxylation is 2. The average Bonchev–Trinajstić information content (AvgIpc) is 3.35. The maximum absolute atomic E-state index is 13.2. The molecule has 168 valence electrons. The van der Waals surface area contributed by atoms with E-state index in [9.17, 15) is 13.2 Å². The third kappa shape index (κ3) is 3.45. The summed E-state index contributed by atoms with van der Waals surface area (Å²) in [5, 5.41) is 6.85. The summed E-state index contributed by atoms with van der Waals surface area (Å²) in [4.78, 5) is 13.2. The molecule has 0 fully saturated rings. The quantitative estimate of drug-likeness (QED) is 0.360. The maximum Gasteiger partial charge on any atom is 0.259 e. The number of fused-ring (bicyclic) bond motifs is 3. The van der Waals surface area contributed by atoms with E-state index in [-0.39, 0.29) is 5.56 Å². The molecule has 7 nitrogen and oxygen atoms in total. The van der Waals surface area contributed by atoms with Gasteiger partial charge in [0.05, 0.1) is 22.5 Å².